The Bertz CT molecular complexity index is 704. The molecule has 0 fully saturated rings. The lowest BCUT2D eigenvalue weighted by molar-refractivity contribution is -0.136. The van der Waals surface area contributed by atoms with Gasteiger partial charge in [0.25, 0.3) is 0 Å². The fourth-order valence-electron chi connectivity index (χ4n) is 1.86. The van der Waals surface area contributed by atoms with Crippen molar-refractivity contribution in [1.29, 1.82) is 0 Å². The van der Waals surface area contributed by atoms with Crippen molar-refractivity contribution in [2.75, 3.05) is 7.11 Å². The summed E-state index contributed by atoms with van der Waals surface area (Å²) in [5, 5.41) is 9.68. The van der Waals surface area contributed by atoms with E-state index in [0.29, 0.717) is 27.6 Å². The summed E-state index contributed by atoms with van der Waals surface area (Å²) in [6.07, 6.45) is 1.30. The summed E-state index contributed by atoms with van der Waals surface area (Å²) in [7, 11) is 1.47. The van der Waals surface area contributed by atoms with Gasteiger partial charge in [0.2, 0.25) is 5.88 Å². The maximum absolute atomic E-state index is 10.8. The molecule has 0 aliphatic carbocycles. The number of aromatic nitrogens is 1. The number of hydrogen-bond acceptors (Lipinski definition) is 3. The van der Waals surface area contributed by atoms with E-state index in [1.807, 2.05) is 0 Å². The number of halogens is 3. The number of hydrogen-bond donors (Lipinski definition) is 1. The van der Waals surface area contributed by atoms with Crippen LogP contribution in [-0.4, -0.2) is 23.2 Å². The van der Waals surface area contributed by atoms with Crippen molar-refractivity contribution in [3.8, 4) is 17.0 Å². The number of carbonyl (C=O) groups is 1. The number of aliphatic carboxylic acids is 1. The van der Waals surface area contributed by atoms with Crippen LogP contribution >= 0.6 is 34.8 Å². The first kappa shape index (κ1) is 15.9. The van der Waals surface area contributed by atoms with E-state index in [9.17, 15) is 4.79 Å². The molecular weight excluding hydrogens is 337 g/mol. The summed E-state index contributed by atoms with van der Waals surface area (Å²) in [4.78, 5) is 14.9. The molecule has 21 heavy (non-hydrogen) atoms. The van der Waals surface area contributed by atoms with Crippen LogP contribution in [0.5, 0.6) is 5.88 Å². The molecule has 0 unspecified atom stereocenters. The summed E-state index contributed by atoms with van der Waals surface area (Å²) < 4.78 is 5.19. The normalized spacial score (nSPS) is 10.5. The second-order valence-corrected chi connectivity index (χ2v) is 5.36. The minimum Gasteiger partial charge on any atom is -0.481 e. The molecule has 0 amide bonds. The summed E-state index contributed by atoms with van der Waals surface area (Å²) in [5.41, 5.74) is 1.66. The molecule has 1 aromatic heterocycles. The fraction of sp³-hybridized carbons (Fsp3) is 0.143. The lowest BCUT2D eigenvalue weighted by Crippen LogP contribution is -2.02. The minimum atomic E-state index is -0.951. The van der Waals surface area contributed by atoms with Crippen molar-refractivity contribution in [3.05, 3.63) is 45.0 Å². The van der Waals surface area contributed by atoms with Crippen LogP contribution in [0.3, 0.4) is 0 Å². The van der Waals surface area contributed by atoms with E-state index in [4.69, 9.17) is 44.6 Å². The number of methoxy groups -OCH3 is 1. The van der Waals surface area contributed by atoms with E-state index in [0.717, 1.165) is 0 Å². The quantitative estimate of drug-likeness (QED) is 0.836. The number of ether oxygens (including phenoxy) is 1. The first-order valence-electron chi connectivity index (χ1n) is 5.82. The molecule has 0 saturated carbocycles. The molecule has 1 N–H and O–H groups in total. The topological polar surface area (TPSA) is 59.4 Å². The second-order valence-electron chi connectivity index (χ2n) is 4.19. The summed E-state index contributed by atoms with van der Waals surface area (Å²) in [6.45, 7) is 0. The van der Waals surface area contributed by atoms with Gasteiger partial charge < -0.3 is 9.84 Å². The van der Waals surface area contributed by atoms with Gasteiger partial charge in [-0.05, 0) is 17.7 Å². The average Bonchev–Trinajstić information content (AvgIpc) is 2.44. The first-order chi connectivity index (χ1) is 9.93. The Hall–Kier alpha value is -1.49. The zero-order valence-corrected chi connectivity index (χ0v) is 13.1. The molecule has 1 aromatic carbocycles. The van der Waals surface area contributed by atoms with Gasteiger partial charge in [0, 0.05) is 17.3 Å². The number of benzene rings is 1. The SMILES string of the molecule is COc1ncc(CC(=O)O)cc1-c1ccc(Cl)c(Cl)c1Cl. The zero-order chi connectivity index (χ0) is 15.6. The lowest BCUT2D eigenvalue weighted by atomic mass is 10.0. The Labute approximate surface area is 136 Å². The van der Waals surface area contributed by atoms with Gasteiger partial charge in [0.1, 0.15) is 0 Å². The highest BCUT2D eigenvalue weighted by Crippen LogP contribution is 2.40. The van der Waals surface area contributed by atoms with E-state index < -0.39 is 5.97 Å². The van der Waals surface area contributed by atoms with E-state index in [1.165, 1.54) is 13.3 Å². The summed E-state index contributed by atoms with van der Waals surface area (Å²) in [6, 6.07) is 4.94. The number of pyridine rings is 1. The third-order valence-corrected chi connectivity index (χ3v) is 4.08. The molecule has 7 heteroatoms. The molecule has 0 aliphatic heterocycles. The maximum Gasteiger partial charge on any atom is 0.307 e. The van der Waals surface area contributed by atoms with E-state index in [-0.39, 0.29) is 16.5 Å². The maximum atomic E-state index is 10.8. The van der Waals surface area contributed by atoms with Gasteiger partial charge in [-0.2, -0.15) is 0 Å². The molecule has 2 aromatic rings. The van der Waals surface area contributed by atoms with Crippen molar-refractivity contribution in [1.82, 2.24) is 4.98 Å². The predicted octanol–water partition coefficient (Wildman–Crippen LogP) is 4.34. The van der Waals surface area contributed by atoms with Crippen LogP contribution in [0.15, 0.2) is 24.4 Å². The van der Waals surface area contributed by atoms with Gasteiger partial charge in [-0.1, -0.05) is 40.9 Å². The van der Waals surface area contributed by atoms with Crippen LogP contribution < -0.4 is 4.74 Å². The van der Waals surface area contributed by atoms with Crippen LogP contribution in [-0.2, 0) is 11.2 Å². The number of carboxylic acids is 1. The van der Waals surface area contributed by atoms with Gasteiger partial charge >= 0.3 is 5.97 Å². The predicted molar refractivity (Wildman–Crippen MR) is 82.6 cm³/mol. The second kappa shape index (κ2) is 6.52. The van der Waals surface area contributed by atoms with Crippen LogP contribution in [0.4, 0.5) is 0 Å². The number of carboxylic acid groups (broad SMARTS) is 1. The highest BCUT2D eigenvalue weighted by molar-refractivity contribution is 6.49. The monoisotopic (exact) mass is 345 g/mol. The molecule has 0 saturated heterocycles. The fourth-order valence-corrected chi connectivity index (χ4v) is 2.49. The molecule has 0 aliphatic rings. The highest BCUT2D eigenvalue weighted by Gasteiger charge is 2.16. The van der Waals surface area contributed by atoms with Crippen LogP contribution in [0.25, 0.3) is 11.1 Å². The van der Waals surface area contributed by atoms with Gasteiger partial charge in [-0.3, -0.25) is 4.79 Å². The van der Waals surface area contributed by atoms with Gasteiger partial charge in [0.05, 0.1) is 28.6 Å². The van der Waals surface area contributed by atoms with Crippen molar-refractivity contribution < 1.29 is 14.6 Å². The van der Waals surface area contributed by atoms with Crippen molar-refractivity contribution in [2.24, 2.45) is 0 Å². The molecule has 110 valence electrons. The average molecular weight is 347 g/mol. The van der Waals surface area contributed by atoms with Gasteiger partial charge in [-0.25, -0.2) is 4.98 Å². The van der Waals surface area contributed by atoms with Crippen LogP contribution in [0.1, 0.15) is 5.56 Å². The molecule has 0 atom stereocenters. The smallest absolute Gasteiger partial charge is 0.307 e. The zero-order valence-electron chi connectivity index (χ0n) is 10.9. The van der Waals surface area contributed by atoms with Crippen molar-refractivity contribution in [3.63, 3.8) is 0 Å². The Morgan fingerprint density at radius 1 is 1.24 bits per heavy atom. The molecule has 4 nitrogen and oxygen atoms in total. The third-order valence-electron chi connectivity index (χ3n) is 2.78. The highest BCUT2D eigenvalue weighted by atomic mass is 35.5. The molecule has 0 bridgehead atoms. The van der Waals surface area contributed by atoms with E-state index >= 15 is 0 Å². The van der Waals surface area contributed by atoms with E-state index in [2.05, 4.69) is 4.98 Å². The Kier molecular flexibility index (Phi) is 4.93. The molecule has 1 heterocycles. The molecule has 0 radical (unpaired) electrons. The lowest BCUT2D eigenvalue weighted by Gasteiger charge is -2.12. The molecule has 0 spiro atoms. The van der Waals surface area contributed by atoms with Crippen molar-refractivity contribution in [2.45, 2.75) is 6.42 Å². The van der Waals surface area contributed by atoms with E-state index in [1.54, 1.807) is 18.2 Å². The molecule has 2 rings (SSSR count). The summed E-state index contributed by atoms with van der Waals surface area (Å²) >= 11 is 18.1. The summed E-state index contributed by atoms with van der Waals surface area (Å²) in [5.74, 6) is -0.627. The minimum absolute atomic E-state index is 0.150. The standard InChI is InChI=1S/C14H10Cl3NO3/c1-21-14-9(4-7(6-18-14)5-11(19)20)8-2-3-10(15)13(17)12(8)16/h2-4,6H,5H2,1H3,(H,19,20). The van der Waals surface area contributed by atoms with Crippen LogP contribution in [0.2, 0.25) is 15.1 Å². The number of rotatable bonds is 4. The largest absolute Gasteiger partial charge is 0.481 e. The Morgan fingerprint density at radius 2 is 1.95 bits per heavy atom. The van der Waals surface area contributed by atoms with Gasteiger partial charge in [0.15, 0.2) is 0 Å². The Morgan fingerprint density at radius 3 is 2.57 bits per heavy atom. The van der Waals surface area contributed by atoms with Crippen LogP contribution in [0, 0.1) is 0 Å². The number of nitrogens with zero attached hydrogens (tertiary/aromatic N) is 1. The van der Waals surface area contributed by atoms with Gasteiger partial charge in [-0.15, -0.1) is 0 Å². The molecular formula is C14H10Cl3NO3. The first-order valence-corrected chi connectivity index (χ1v) is 6.96. The van der Waals surface area contributed by atoms with Crippen molar-refractivity contribution >= 4 is 40.8 Å². The third kappa shape index (κ3) is 3.40. The Balaban J connectivity index is 2.61.